The summed E-state index contributed by atoms with van der Waals surface area (Å²) >= 11 is 0. The fourth-order valence-corrected chi connectivity index (χ4v) is 5.00. The van der Waals surface area contributed by atoms with E-state index in [-0.39, 0.29) is 34.2 Å². The van der Waals surface area contributed by atoms with Crippen molar-refractivity contribution in [2.75, 3.05) is 0 Å². The molecule has 0 radical (unpaired) electrons. The van der Waals surface area contributed by atoms with E-state index in [4.69, 9.17) is 9.69 Å². The molecule has 1 saturated carbocycles. The topological polar surface area (TPSA) is 70.3 Å². The second-order valence-corrected chi connectivity index (χ2v) is 14.9. The summed E-state index contributed by atoms with van der Waals surface area (Å²) in [6.45, 7) is 19.5. The van der Waals surface area contributed by atoms with Crippen LogP contribution in [0, 0.1) is 34.5 Å². The molecule has 0 amide bonds. The first-order chi connectivity index (χ1) is 11.2. The van der Waals surface area contributed by atoms with Crippen LogP contribution in [0.1, 0.15) is 61.3 Å². The molecule has 1 fully saturated rings. The summed E-state index contributed by atoms with van der Waals surface area (Å²) in [7, 11) is -2.04. The van der Waals surface area contributed by atoms with E-state index in [2.05, 4.69) is 61.6 Å². The lowest BCUT2D eigenvalue weighted by Crippen LogP contribution is -2.55. The van der Waals surface area contributed by atoms with Gasteiger partial charge in [0.2, 0.25) is 0 Å². The van der Waals surface area contributed by atoms with Crippen LogP contribution in [0.3, 0.4) is 0 Å². The summed E-state index contributed by atoms with van der Waals surface area (Å²) in [5, 5.41) is 19.2. The van der Waals surface area contributed by atoms with Crippen molar-refractivity contribution in [1.29, 1.82) is 5.26 Å². The van der Waals surface area contributed by atoms with E-state index in [1.807, 2.05) is 6.07 Å². The number of carbonyl (C=O) groups is 1. The minimum absolute atomic E-state index is 0.00251. The van der Waals surface area contributed by atoms with Gasteiger partial charge in [-0.3, -0.25) is 4.79 Å². The van der Waals surface area contributed by atoms with E-state index in [0.29, 0.717) is 6.42 Å². The number of aliphatic hydroxyl groups excluding tert-OH is 1. The fraction of sp³-hybridized carbons (Fsp3) is 0.900. The Balaban J connectivity index is 3.26. The molecule has 0 aliphatic heterocycles. The smallest absolute Gasteiger partial charge is 0.192 e. The fourth-order valence-electron chi connectivity index (χ4n) is 3.56. The number of Topliss-reactive ketones (excluding diaryl/α,β-unsaturated/α-hetero) is 1. The van der Waals surface area contributed by atoms with Crippen LogP contribution in [0.4, 0.5) is 0 Å². The van der Waals surface area contributed by atoms with Crippen LogP contribution in [-0.4, -0.2) is 31.4 Å². The van der Waals surface area contributed by atoms with Gasteiger partial charge in [0.05, 0.1) is 18.1 Å². The lowest BCUT2D eigenvalue weighted by molar-refractivity contribution is -0.145. The molecule has 0 aromatic carbocycles. The van der Waals surface area contributed by atoms with Crippen molar-refractivity contribution in [3.8, 4) is 6.07 Å². The molecule has 144 valence electrons. The van der Waals surface area contributed by atoms with E-state index in [1.54, 1.807) is 0 Å². The summed E-state index contributed by atoms with van der Waals surface area (Å²) in [6.07, 6.45) is -0.0114. The van der Waals surface area contributed by atoms with Gasteiger partial charge in [-0.2, -0.15) is 5.26 Å². The number of nitriles is 1. The van der Waals surface area contributed by atoms with Gasteiger partial charge in [-0.25, -0.2) is 0 Å². The quantitative estimate of drug-likeness (QED) is 0.572. The first kappa shape index (κ1) is 22.3. The molecule has 0 heterocycles. The van der Waals surface area contributed by atoms with Gasteiger partial charge in [-0.15, -0.1) is 0 Å². The molecule has 1 aliphatic rings. The highest BCUT2D eigenvalue weighted by atomic mass is 28.4. The van der Waals surface area contributed by atoms with E-state index >= 15 is 0 Å². The molecule has 4 nitrogen and oxygen atoms in total. The van der Waals surface area contributed by atoms with Gasteiger partial charge in [-0.05, 0) is 42.3 Å². The maximum Gasteiger partial charge on any atom is 0.192 e. The molecule has 5 heteroatoms. The second-order valence-electron chi connectivity index (χ2n) is 10.2. The van der Waals surface area contributed by atoms with Gasteiger partial charge < -0.3 is 9.53 Å². The Labute approximate surface area is 155 Å². The third-order valence-electron chi connectivity index (χ3n) is 6.35. The normalized spacial score (nSPS) is 27.0. The summed E-state index contributed by atoms with van der Waals surface area (Å²) in [5.74, 6) is -0.682. The summed E-state index contributed by atoms with van der Waals surface area (Å²) in [6, 6.07) is 1.86. The number of carbonyl (C=O) groups excluding carboxylic acids is 1. The molecule has 25 heavy (non-hydrogen) atoms. The van der Waals surface area contributed by atoms with Gasteiger partial charge in [0.1, 0.15) is 11.9 Å². The summed E-state index contributed by atoms with van der Waals surface area (Å²) < 4.78 is 6.72. The Morgan fingerprint density at radius 1 is 1.32 bits per heavy atom. The number of hydrogen-bond acceptors (Lipinski definition) is 4. The van der Waals surface area contributed by atoms with Crippen LogP contribution in [0.5, 0.6) is 0 Å². The van der Waals surface area contributed by atoms with Gasteiger partial charge in [0.15, 0.2) is 8.32 Å². The van der Waals surface area contributed by atoms with Gasteiger partial charge in [-0.1, -0.05) is 48.5 Å². The largest absolute Gasteiger partial charge is 0.413 e. The Bertz CT molecular complexity index is 528. The molecular formula is C20H37NO3Si. The zero-order chi connectivity index (χ0) is 19.8. The lowest BCUT2D eigenvalue weighted by atomic mass is 9.60. The molecule has 4 atom stereocenters. The van der Waals surface area contributed by atoms with Crippen LogP contribution in [0.15, 0.2) is 0 Å². The van der Waals surface area contributed by atoms with E-state index in [1.165, 1.54) is 0 Å². The van der Waals surface area contributed by atoms with Crippen LogP contribution < -0.4 is 0 Å². The molecule has 0 spiro atoms. The first-order valence-corrected chi connectivity index (χ1v) is 12.4. The summed E-state index contributed by atoms with van der Waals surface area (Å²) in [5.41, 5.74) is -0.194. The average molecular weight is 368 g/mol. The highest BCUT2D eigenvalue weighted by Gasteiger charge is 2.52. The molecule has 1 aliphatic carbocycles. The van der Waals surface area contributed by atoms with Crippen LogP contribution in [0.2, 0.25) is 18.1 Å². The van der Waals surface area contributed by atoms with Crippen molar-refractivity contribution in [2.24, 2.45) is 23.2 Å². The molecule has 1 unspecified atom stereocenters. The van der Waals surface area contributed by atoms with Gasteiger partial charge >= 0.3 is 0 Å². The highest BCUT2D eigenvalue weighted by molar-refractivity contribution is 6.74. The lowest BCUT2D eigenvalue weighted by Gasteiger charge is -2.49. The van der Waals surface area contributed by atoms with Crippen molar-refractivity contribution >= 4 is 14.1 Å². The van der Waals surface area contributed by atoms with E-state index < -0.39 is 20.3 Å². The van der Waals surface area contributed by atoms with E-state index in [0.717, 1.165) is 6.42 Å². The minimum Gasteiger partial charge on any atom is -0.413 e. The Morgan fingerprint density at radius 3 is 2.24 bits per heavy atom. The second kappa shape index (κ2) is 7.50. The van der Waals surface area contributed by atoms with Crippen LogP contribution >= 0.6 is 0 Å². The Kier molecular flexibility index (Phi) is 6.70. The molecule has 1 rings (SSSR count). The predicted molar refractivity (Wildman–Crippen MR) is 104 cm³/mol. The van der Waals surface area contributed by atoms with Gasteiger partial charge in [0, 0.05) is 5.92 Å². The van der Waals surface area contributed by atoms with Crippen molar-refractivity contribution in [3.63, 3.8) is 0 Å². The average Bonchev–Trinajstić information content (AvgIpc) is 2.43. The molecular weight excluding hydrogens is 330 g/mol. The summed E-state index contributed by atoms with van der Waals surface area (Å²) in [4.78, 5) is 13.2. The third kappa shape index (κ3) is 4.72. The maximum absolute atomic E-state index is 13.2. The van der Waals surface area contributed by atoms with Crippen molar-refractivity contribution in [3.05, 3.63) is 0 Å². The number of rotatable bonds is 5. The monoisotopic (exact) mass is 367 g/mol. The molecule has 0 aromatic heterocycles. The standard InChI is InChI=1S/C20H37NO3Si/c1-13(2)18(24-25(8,9)19(3,4)5)16-17(23)14(15(22)12-21)10-11-20(16,6)7/h13-16,18,22H,10-11H2,1-9H3/t14-,15?,16-,18+/m0/s1. The predicted octanol–water partition coefficient (Wildman–Crippen LogP) is 4.54. The minimum atomic E-state index is -2.04. The highest BCUT2D eigenvalue weighted by Crippen LogP contribution is 2.48. The Hall–Kier alpha value is -0.703. The van der Waals surface area contributed by atoms with E-state index in [9.17, 15) is 9.90 Å². The van der Waals surface area contributed by atoms with Crippen molar-refractivity contribution in [2.45, 2.75) is 91.6 Å². The van der Waals surface area contributed by atoms with Gasteiger partial charge in [0.25, 0.3) is 0 Å². The zero-order valence-corrected chi connectivity index (χ0v) is 18.5. The van der Waals surface area contributed by atoms with Crippen LogP contribution in [0.25, 0.3) is 0 Å². The van der Waals surface area contributed by atoms with Crippen molar-refractivity contribution in [1.82, 2.24) is 0 Å². The Morgan fingerprint density at radius 2 is 1.84 bits per heavy atom. The maximum atomic E-state index is 13.2. The number of ketones is 1. The molecule has 0 saturated heterocycles. The SMILES string of the molecule is CC(C)[C@@H](O[Si](C)(C)C(C)(C)C)[C@@H]1C(=O)[C@H](C(O)C#N)CCC1(C)C. The van der Waals surface area contributed by atoms with Crippen molar-refractivity contribution < 1.29 is 14.3 Å². The first-order valence-electron chi connectivity index (χ1n) is 9.45. The molecule has 0 aromatic rings. The molecule has 1 N–H and O–H groups in total. The molecule has 0 bridgehead atoms. The number of hydrogen-bond donors (Lipinski definition) is 1. The number of nitrogens with zero attached hydrogens (tertiary/aromatic N) is 1. The number of aliphatic hydroxyl groups is 1. The van der Waals surface area contributed by atoms with Crippen LogP contribution in [-0.2, 0) is 9.22 Å². The third-order valence-corrected chi connectivity index (χ3v) is 10.8. The zero-order valence-electron chi connectivity index (χ0n) is 17.5.